The van der Waals surface area contributed by atoms with Crippen molar-refractivity contribution in [3.8, 4) is 10.6 Å². The van der Waals surface area contributed by atoms with Gasteiger partial charge in [-0.15, -0.1) is 28.3 Å². The van der Waals surface area contributed by atoms with E-state index in [0.29, 0.717) is 0 Å². The van der Waals surface area contributed by atoms with Crippen molar-refractivity contribution in [3.63, 3.8) is 0 Å². The molecule has 0 radical (unpaired) electrons. The number of fused-ring (bicyclic) bond motifs is 6. The predicted molar refractivity (Wildman–Crippen MR) is 127 cm³/mol. The van der Waals surface area contributed by atoms with Crippen molar-refractivity contribution in [1.29, 1.82) is 0 Å². The molecule has 6 rings (SSSR count). The minimum Gasteiger partial charge on any atom is -0.236 e. The fourth-order valence-electron chi connectivity index (χ4n) is 4.60. The van der Waals surface area contributed by atoms with Gasteiger partial charge in [-0.1, -0.05) is 54.6 Å². The number of aryl methyl sites for hydroxylation is 2. The van der Waals surface area contributed by atoms with Gasteiger partial charge >= 0.3 is 0 Å². The molecule has 1 aromatic heterocycles. The van der Waals surface area contributed by atoms with E-state index in [4.69, 9.17) is 4.98 Å². The van der Waals surface area contributed by atoms with Gasteiger partial charge < -0.3 is 0 Å². The van der Waals surface area contributed by atoms with Crippen LogP contribution in [0.1, 0.15) is 24.0 Å². The molecule has 5 aromatic rings. The topological polar surface area (TPSA) is 12.9 Å². The van der Waals surface area contributed by atoms with Gasteiger partial charge in [-0.05, 0) is 70.5 Å². The summed E-state index contributed by atoms with van der Waals surface area (Å²) in [7, 11) is 0. The maximum absolute atomic E-state index is 4.90. The van der Waals surface area contributed by atoms with Crippen molar-refractivity contribution in [1.82, 2.24) is 4.98 Å². The number of thiazole rings is 1. The van der Waals surface area contributed by atoms with Gasteiger partial charge in [-0.2, -0.15) is 0 Å². The molecule has 1 aliphatic carbocycles. The van der Waals surface area contributed by atoms with Gasteiger partial charge in [0.15, 0.2) is 0 Å². The molecular weight excluding hydrogens is 426 g/mol. The Bertz CT molecular complexity index is 1300. The summed E-state index contributed by atoms with van der Waals surface area (Å²) in [6.07, 6.45) is 5.09. The molecule has 0 saturated heterocycles. The van der Waals surface area contributed by atoms with Crippen molar-refractivity contribution in [3.05, 3.63) is 77.9 Å². The van der Waals surface area contributed by atoms with E-state index in [1.165, 1.54) is 57.5 Å². The number of aromatic nitrogens is 1. The molecule has 0 spiro atoms. The summed E-state index contributed by atoms with van der Waals surface area (Å²) < 4.78 is 1.25. The maximum atomic E-state index is 4.90. The molecule has 0 unspecified atom stereocenters. The first kappa shape index (κ1) is 17.8. The lowest BCUT2D eigenvalue weighted by Crippen LogP contribution is -2.03. The largest absolute Gasteiger partial charge is 0.236 e. The summed E-state index contributed by atoms with van der Waals surface area (Å²) in [6.45, 7) is 0. The van der Waals surface area contributed by atoms with Crippen molar-refractivity contribution < 1.29 is 0 Å². The molecule has 0 amide bonds. The van der Waals surface area contributed by atoms with Crippen molar-refractivity contribution >= 4 is 60.1 Å². The molecule has 0 aliphatic heterocycles. The van der Waals surface area contributed by atoms with Crippen LogP contribution in [0.2, 0.25) is 0 Å². The van der Waals surface area contributed by atoms with Crippen LogP contribution in [-0.4, -0.2) is 4.98 Å². The quantitative estimate of drug-likeness (QED) is 0.240. The second-order valence-electron chi connectivity index (χ2n) is 7.46. The van der Waals surface area contributed by atoms with E-state index in [2.05, 4.69) is 66.7 Å². The van der Waals surface area contributed by atoms with Gasteiger partial charge in [0.1, 0.15) is 5.01 Å². The zero-order valence-corrected chi connectivity index (χ0v) is 18.0. The van der Waals surface area contributed by atoms with E-state index in [0.717, 1.165) is 10.5 Å². The predicted octanol–water partition coefficient (Wildman–Crippen LogP) is 7.73. The van der Waals surface area contributed by atoms with Crippen LogP contribution < -0.4 is 0 Å². The molecule has 28 heavy (non-hydrogen) atoms. The van der Waals surface area contributed by atoms with Crippen LogP contribution in [0.4, 0.5) is 0 Å². The molecule has 1 nitrogen and oxygen atoms in total. The lowest BCUT2D eigenvalue weighted by Gasteiger charge is -2.19. The Morgan fingerprint density at radius 2 is 1.46 bits per heavy atom. The fraction of sp³-hybridized carbons (Fsp3) is 0.160. The number of rotatable bonds is 1. The van der Waals surface area contributed by atoms with Crippen LogP contribution in [0.15, 0.2) is 66.7 Å². The molecule has 4 aromatic carbocycles. The van der Waals surface area contributed by atoms with Gasteiger partial charge in [-0.3, -0.25) is 0 Å². The van der Waals surface area contributed by atoms with E-state index < -0.39 is 0 Å². The molecule has 0 N–H and O–H groups in total. The third-order valence-corrected chi connectivity index (χ3v) is 6.98. The standard InChI is InChI=1S/C25H19NS.BrH/c1-2-7-17-16(6-1)12-13-20-18-8-5-9-22(21(18)15-14-19(17)20)25-26-23-10-3-4-11-24(23)27-25;/h3-5,8-15H,1-2,6-7H2;1H. The van der Waals surface area contributed by atoms with Gasteiger partial charge in [-0.25, -0.2) is 4.98 Å². The van der Waals surface area contributed by atoms with Crippen LogP contribution in [0.3, 0.4) is 0 Å². The van der Waals surface area contributed by atoms with Gasteiger partial charge in [0.05, 0.1) is 10.2 Å². The number of benzene rings is 4. The molecule has 138 valence electrons. The van der Waals surface area contributed by atoms with Crippen LogP contribution in [0.5, 0.6) is 0 Å². The first-order chi connectivity index (χ1) is 13.4. The minimum absolute atomic E-state index is 0. The summed E-state index contributed by atoms with van der Waals surface area (Å²) in [5.74, 6) is 0. The zero-order chi connectivity index (χ0) is 17.8. The number of para-hydroxylation sites is 1. The second-order valence-corrected chi connectivity index (χ2v) is 8.49. The van der Waals surface area contributed by atoms with Crippen LogP contribution in [0, 0.1) is 0 Å². The summed E-state index contributed by atoms with van der Waals surface area (Å²) in [5, 5.41) is 6.59. The first-order valence-corrected chi connectivity index (χ1v) is 10.5. The van der Waals surface area contributed by atoms with E-state index in [1.54, 1.807) is 22.5 Å². The SMILES string of the molecule is Br.c1ccc2sc(-c3cccc4c3ccc3c5c(ccc34)CCCC5)nc2c1. The van der Waals surface area contributed by atoms with Crippen LogP contribution in [-0.2, 0) is 12.8 Å². The Morgan fingerprint density at radius 3 is 2.39 bits per heavy atom. The highest BCUT2D eigenvalue weighted by Gasteiger charge is 2.15. The molecule has 0 saturated carbocycles. The van der Waals surface area contributed by atoms with Gasteiger partial charge in [0, 0.05) is 5.56 Å². The Balaban J connectivity index is 0.00000171. The molecule has 0 atom stereocenters. The van der Waals surface area contributed by atoms with Gasteiger partial charge in [0.25, 0.3) is 0 Å². The smallest absolute Gasteiger partial charge is 0.125 e. The van der Waals surface area contributed by atoms with E-state index in [-0.39, 0.29) is 17.0 Å². The Kier molecular flexibility index (Phi) is 4.45. The highest BCUT2D eigenvalue weighted by Crippen LogP contribution is 2.38. The van der Waals surface area contributed by atoms with Crippen molar-refractivity contribution in [2.75, 3.05) is 0 Å². The lowest BCUT2D eigenvalue weighted by molar-refractivity contribution is 0.690. The lowest BCUT2D eigenvalue weighted by atomic mass is 9.86. The van der Waals surface area contributed by atoms with E-state index >= 15 is 0 Å². The van der Waals surface area contributed by atoms with Crippen molar-refractivity contribution in [2.45, 2.75) is 25.7 Å². The molecule has 3 heteroatoms. The Hall–Kier alpha value is -2.23. The minimum atomic E-state index is 0. The normalized spacial score (nSPS) is 13.6. The molecule has 1 heterocycles. The number of halogens is 1. The molecule has 0 bridgehead atoms. The zero-order valence-electron chi connectivity index (χ0n) is 15.4. The second kappa shape index (κ2) is 6.98. The summed E-state index contributed by atoms with van der Waals surface area (Å²) in [5.41, 5.74) is 5.46. The van der Waals surface area contributed by atoms with Crippen molar-refractivity contribution in [2.24, 2.45) is 0 Å². The maximum Gasteiger partial charge on any atom is 0.125 e. The average molecular weight is 446 g/mol. The van der Waals surface area contributed by atoms with Gasteiger partial charge in [0.2, 0.25) is 0 Å². The molecular formula is C25H20BrNS. The van der Waals surface area contributed by atoms with Crippen LogP contribution >= 0.6 is 28.3 Å². The fourth-order valence-corrected chi connectivity index (χ4v) is 5.61. The highest BCUT2D eigenvalue weighted by molar-refractivity contribution is 8.93. The van der Waals surface area contributed by atoms with E-state index in [1.807, 2.05) is 0 Å². The monoisotopic (exact) mass is 445 g/mol. The number of hydrogen-bond donors (Lipinski definition) is 0. The Labute approximate surface area is 178 Å². The Morgan fingerprint density at radius 1 is 0.679 bits per heavy atom. The number of nitrogens with zero attached hydrogens (tertiary/aromatic N) is 1. The first-order valence-electron chi connectivity index (χ1n) is 9.71. The molecule has 1 aliphatic rings. The summed E-state index contributed by atoms with van der Waals surface area (Å²) in [6, 6.07) is 24.4. The van der Waals surface area contributed by atoms with Crippen LogP contribution in [0.25, 0.3) is 42.3 Å². The highest BCUT2D eigenvalue weighted by atomic mass is 79.9. The third-order valence-electron chi connectivity index (χ3n) is 5.91. The third kappa shape index (κ3) is 2.68. The number of hydrogen-bond acceptors (Lipinski definition) is 2. The summed E-state index contributed by atoms with van der Waals surface area (Å²) in [4.78, 5) is 4.90. The average Bonchev–Trinajstić information content (AvgIpc) is 3.17. The molecule has 0 fully saturated rings. The van der Waals surface area contributed by atoms with E-state index in [9.17, 15) is 0 Å². The summed E-state index contributed by atoms with van der Waals surface area (Å²) >= 11 is 1.78.